The molecule has 3 rings (SSSR count). The van der Waals surface area contributed by atoms with Gasteiger partial charge in [0.15, 0.2) is 0 Å². The lowest BCUT2D eigenvalue weighted by atomic mass is 10.0. The molecule has 0 bridgehead atoms. The first-order valence-corrected chi connectivity index (χ1v) is 7.92. The average molecular weight is 313 g/mol. The quantitative estimate of drug-likeness (QED) is 0.647. The maximum atomic E-state index is 13.1. The van der Waals surface area contributed by atoms with E-state index in [1.165, 1.54) is 17.4 Å². The lowest BCUT2D eigenvalue weighted by molar-refractivity contribution is 0.104. The van der Waals surface area contributed by atoms with Crippen LogP contribution in [0.5, 0.6) is 0 Å². The van der Waals surface area contributed by atoms with Crippen LogP contribution in [0, 0.1) is 6.92 Å². The molecule has 2 nitrogen and oxygen atoms in total. The van der Waals surface area contributed by atoms with Crippen LogP contribution < -0.4 is 5.73 Å². The van der Waals surface area contributed by atoms with Gasteiger partial charge in [0, 0.05) is 22.5 Å². The minimum atomic E-state index is -0.0907. The number of nitrogens with two attached hydrogens (primary N) is 1. The summed E-state index contributed by atoms with van der Waals surface area (Å²) in [5.41, 5.74) is 8.99. The van der Waals surface area contributed by atoms with Crippen molar-refractivity contribution in [1.29, 1.82) is 0 Å². The lowest BCUT2D eigenvalue weighted by Gasteiger charge is -2.08. The molecule has 1 aromatic carbocycles. The van der Waals surface area contributed by atoms with Crippen LogP contribution in [0.3, 0.4) is 0 Å². The smallest absolute Gasteiger partial charge is 0.203 e. The molecule has 0 spiro atoms. The van der Waals surface area contributed by atoms with Gasteiger partial charge in [-0.15, -0.1) is 11.3 Å². The fraction of sp³-hybridized carbons (Fsp3) is 0.167. The highest BCUT2D eigenvalue weighted by molar-refractivity contribution is 7.15. The highest BCUT2D eigenvalue weighted by atomic mass is 32.1. The van der Waals surface area contributed by atoms with E-state index in [0.717, 1.165) is 16.0 Å². The minimum absolute atomic E-state index is 0.0146. The molecule has 1 aromatic heterocycles. The van der Waals surface area contributed by atoms with Crippen molar-refractivity contribution in [1.82, 2.24) is 0 Å². The first kappa shape index (κ1) is 14.7. The zero-order valence-electron chi connectivity index (χ0n) is 12.2. The Balaban J connectivity index is 1.91. The topological polar surface area (TPSA) is 43.1 Å². The Hall–Kier alpha value is -2.20. The van der Waals surface area contributed by atoms with Gasteiger partial charge in [0.05, 0.1) is 4.88 Å². The van der Waals surface area contributed by atoms with Crippen molar-refractivity contribution in [3.63, 3.8) is 0 Å². The summed E-state index contributed by atoms with van der Waals surface area (Å²) in [7, 11) is 0. The number of allylic oxidation sites excluding steroid dienone is 4. The van der Waals surface area contributed by atoms with Crippen LogP contribution in [0.25, 0.3) is 5.57 Å². The van der Waals surface area contributed by atoms with E-state index in [1.54, 1.807) is 18.2 Å². The summed E-state index contributed by atoms with van der Waals surface area (Å²) in [6.45, 7) is 1.90. The fourth-order valence-corrected chi connectivity index (χ4v) is 3.48. The number of aryl methyl sites for hydroxylation is 1. The van der Waals surface area contributed by atoms with E-state index in [0.29, 0.717) is 29.0 Å². The highest BCUT2D eigenvalue weighted by Crippen LogP contribution is 2.33. The molecule has 0 radical (unpaired) electrons. The van der Waals surface area contributed by atoms with E-state index in [4.69, 9.17) is 5.73 Å². The molecular weight excluding hydrogens is 297 g/mol. The average Bonchev–Trinajstić information content (AvgIpc) is 2.99. The van der Waals surface area contributed by atoms with Crippen LogP contribution in [0.15, 0.2) is 48.3 Å². The third-order valence-electron chi connectivity index (χ3n) is 3.75. The second-order valence-corrected chi connectivity index (χ2v) is 6.46. The molecule has 0 atom stereocenters. The first-order chi connectivity index (χ1) is 10.5. The van der Waals surface area contributed by atoms with Crippen LogP contribution in [0.2, 0.25) is 0 Å². The van der Waals surface area contributed by atoms with Gasteiger partial charge >= 0.3 is 0 Å². The minimum Gasteiger partial charge on any atom is -0.399 e. The van der Waals surface area contributed by atoms with E-state index in [9.17, 15) is 9.18 Å². The van der Waals surface area contributed by atoms with Crippen molar-refractivity contribution < 1.29 is 9.18 Å². The van der Waals surface area contributed by atoms with E-state index in [1.807, 2.05) is 25.1 Å². The lowest BCUT2D eigenvalue weighted by Crippen LogP contribution is -2.02. The van der Waals surface area contributed by atoms with Crippen LogP contribution in [0.4, 0.5) is 10.1 Å². The third-order valence-corrected chi connectivity index (χ3v) is 4.91. The second kappa shape index (κ2) is 5.89. The Morgan fingerprint density at radius 2 is 2.00 bits per heavy atom. The third kappa shape index (κ3) is 2.88. The number of thiophene rings is 1. The first-order valence-electron chi connectivity index (χ1n) is 7.11. The molecule has 0 saturated heterocycles. The highest BCUT2D eigenvalue weighted by Gasteiger charge is 2.16. The number of anilines is 1. The number of hydrogen-bond acceptors (Lipinski definition) is 3. The van der Waals surface area contributed by atoms with E-state index >= 15 is 0 Å². The molecule has 4 heteroatoms. The Kier molecular flexibility index (Phi) is 3.94. The molecule has 0 unspecified atom stereocenters. The van der Waals surface area contributed by atoms with Crippen LogP contribution >= 0.6 is 11.3 Å². The van der Waals surface area contributed by atoms with Crippen molar-refractivity contribution >= 4 is 28.4 Å². The van der Waals surface area contributed by atoms with E-state index in [2.05, 4.69) is 0 Å². The summed E-state index contributed by atoms with van der Waals surface area (Å²) in [5, 5.41) is 0. The molecule has 0 fully saturated rings. The normalized spacial score (nSPS) is 14.5. The van der Waals surface area contributed by atoms with Crippen molar-refractivity contribution in [3.05, 3.63) is 69.2 Å². The van der Waals surface area contributed by atoms with Crippen molar-refractivity contribution in [3.8, 4) is 0 Å². The van der Waals surface area contributed by atoms with Gasteiger partial charge in [0.2, 0.25) is 5.78 Å². The standard InChI is InChI=1S/C18H16FNOS/c1-11-2-7-14(20)10-15(11)18(21)17-9-8-16(22-17)12-3-5-13(19)6-4-12/h2-3,5,7-10H,4,6,20H2,1H3. The molecule has 112 valence electrons. The molecule has 2 aromatic rings. The largest absolute Gasteiger partial charge is 0.399 e. The summed E-state index contributed by atoms with van der Waals surface area (Å²) in [5.74, 6) is -0.105. The number of ketones is 1. The van der Waals surface area contributed by atoms with Gasteiger partial charge in [0.1, 0.15) is 5.83 Å². The molecule has 1 aliphatic rings. The number of nitrogen functional groups attached to an aromatic ring is 1. The Labute approximate surface area is 132 Å². The Morgan fingerprint density at radius 1 is 1.18 bits per heavy atom. The molecular formula is C18H16FNOS. The van der Waals surface area contributed by atoms with Crippen LogP contribution in [-0.2, 0) is 0 Å². The molecule has 1 aliphatic carbocycles. The predicted molar refractivity (Wildman–Crippen MR) is 89.7 cm³/mol. The monoisotopic (exact) mass is 313 g/mol. The zero-order valence-corrected chi connectivity index (χ0v) is 13.0. The zero-order chi connectivity index (χ0) is 15.7. The van der Waals surface area contributed by atoms with Gasteiger partial charge in [-0.05, 0) is 54.8 Å². The summed E-state index contributed by atoms with van der Waals surface area (Å²) in [6.07, 6.45) is 4.40. The predicted octanol–water partition coefficient (Wildman–Crippen LogP) is 4.90. The van der Waals surface area contributed by atoms with Crippen LogP contribution in [0.1, 0.15) is 38.5 Å². The number of carbonyl (C=O) groups is 1. The summed E-state index contributed by atoms with van der Waals surface area (Å²) >= 11 is 1.45. The van der Waals surface area contributed by atoms with Crippen molar-refractivity contribution in [2.24, 2.45) is 0 Å². The molecule has 22 heavy (non-hydrogen) atoms. The molecule has 0 aliphatic heterocycles. The van der Waals surface area contributed by atoms with Gasteiger partial charge in [-0.1, -0.05) is 12.1 Å². The van der Waals surface area contributed by atoms with Crippen LogP contribution in [-0.4, -0.2) is 5.78 Å². The molecule has 2 N–H and O–H groups in total. The number of hydrogen-bond donors (Lipinski definition) is 1. The maximum Gasteiger partial charge on any atom is 0.203 e. The van der Waals surface area contributed by atoms with Gasteiger partial charge < -0.3 is 5.73 Å². The SMILES string of the molecule is Cc1ccc(N)cc1C(=O)c1ccc(C2=CC=C(F)CC2)s1. The molecule has 0 saturated carbocycles. The summed E-state index contributed by atoms with van der Waals surface area (Å²) in [4.78, 5) is 14.3. The van der Waals surface area contributed by atoms with Crippen molar-refractivity contribution in [2.45, 2.75) is 19.8 Å². The number of rotatable bonds is 3. The second-order valence-electron chi connectivity index (χ2n) is 5.37. The number of carbonyl (C=O) groups excluding carboxylic acids is 1. The fourth-order valence-electron chi connectivity index (χ4n) is 2.47. The van der Waals surface area contributed by atoms with Gasteiger partial charge in [-0.25, -0.2) is 4.39 Å². The summed E-state index contributed by atoms with van der Waals surface area (Å²) < 4.78 is 13.1. The summed E-state index contributed by atoms with van der Waals surface area (Å²) in [6, 6.07) is 9.13. The van der Waals surface area contributed by atoms with E-state index < -0.39 is 0 Å². The van der Waals surface area contributed by atoms with Crippen molar-refractivity contribution in [2.75, 3.05) is 5.73 Å². The molecule has 0 amide bonds. The van der Waals surface area contributed by atoms with Gasteiger partial charge in [-0.3, -0.25) is 4.79 Å². The van der Waals surface area contributed by atoms with Gasteiger partial charge in [-0.2, -0.15) is 0 Å². The Bertz CT molecular complexity index is 801. The maximum absolute atomic E-state index is 13.1. The Morgan fingerprint density at radius 3 is 2.73 bits per heavy atom. The van der Waals surface area contributed by atoms with Gasteiger partial charge in [0.25, 0.3) is 0 Å². The molecule has 1 heterocycles. The number of halogens is 1. The number of benzene rings is 1. The van der Waals surface area contributed by atoms with E-state index in [-0.39, 0.29) is 11.6 Å².